The summed E-state index contributed by atoms with van der Waals surface area (Å²) < 4.78 is 3.99. The summed E-state index contributed by atoms with van der Waals surface area (Å²) in [5.74, 6) is 0.302. The number of ketones is 1. The van der Waals surface area contributed by atoms with Gasteiger partial charge in [0.25, 0.3) is 0 Å². The molecular formula is C14H18O4. The first-order chi connectivity index (χ1) is 8.60. The molecule has 0 spiro atoms. The van der Waals surface area contributed by atoms with E-state index in [1.807, 2.05) is 37.3 Å². The fourth-order valence-electron chi connectivity index (χ4n) is 1.08. The number of carbonyl (C=O) groups is 2. The van der Waals surface area contributed by atoms with Gasteiger partial charge in [-0.25, -0.2) is 4.79 Å². The Morgan fingerprint density at radius 3 is 2.33 bits per heavy atom. The SMILES string of the molecule is C=CCOC(=O)O.CCC(=O)Cc1ccccc1. The zero-order valence-corrected chi connectivity index (χ0v) is 10.5. The molecule has 0 atom stereocenters. The molecule has 0 aliphatic carbocycles. The fourth-order valence-corrected chi connectivity index (χ4v) is 1.08. The van der Waals surface area contributed by atoms with Crippen molar-refractivity contribution in [2.45, 2.75) is 19.8 Å². The van der Waals surface area contributed by atoms with Crippen LogP contribution in [0.15, 0.2) is 43.0 Å². The minimum atomic E-state index is -1.26. The van der Waals surface area contributed by atoms with Crippen molar-refractivity contribution in [2.24, 2.45) is 0 Å². The first-order valence-electron chi connectivity index (χ1n) is 5.62. The van der Waals surface area contributed by atoms with Gasteiger partial charge in [-0.2, -0.15) is 0 Å². The predicted octanol–water partition coefficient (Wildman–Crippen LogP) is 3.08. The lowest BCUT2D eigenvalue weighted by Crippen LogP contribution is -1.99. The van der Waals surface area contributed by atoms with E-state index in [0.717, 1.165) is 5.56 Å². The Morgan fingerprint density at radius 1 is 1.33 bits per heavy atom. The van der Waals surface area contributed by atoms with Crippen molar-refractivity contribution in [2.75, 3.05) is 6.61 Å². The van der Waals surface area contributed by atoms with E-state index >= 15 is 0 Å². The molecule has 0 bridgehead atoms. The molecule has 1 aromatic rings. The maximum atomic E-state index is 11.0. The van der Waals surface area contributed by atoms with Gasteiger partial charge in [-0.3, -0.25) is 4.79 Å². The highest BCUT2D eigenvalue weighted by Crippen LogP contribution is 2.00. The highest BCUT2D eigenvalue weighted by molar-refractivity contribution is 5.80. The van der Waals surface area contributed by atoms with Crippen molar-refractivity contribution in [3.63, 3.8) is 0 Å². The Labute approximate surface area is 107 Å². The molecule has 0 aliphatic heterocycles. The second kappa shape index (κ2) is 10.1. The maximum Gasteiger partial charge on any atom is 0.506 e. The van der Waals surface area contributed by atoms with Gasteiger partial charge < -0.3 is 9.84 Å². The molecule has 4 heteroatoms. The zero-order valence-electron chi connectivity index (χ0n) is 10.5. The van der Waals surface area contributed by atoms with E-state index in [0.29, 0.717) is 18.6 Å². The molecule has 0 fully saturated rings. The van der Waals surface area contributed by atoms with E-state index in [2.05, 4.69) is 11.3 Å². The highest BCUT2D eigenvalue weighted by Gasteiger charge is 1.98. The number of hydrogen-bond donors (Lipinski definition) is 1. The van der Waals surface area contributed by atoms with Crippen LogP contribution >= 0.6 is 0 Å². The van der Waals surface area contributed by atoms with Crippen LogP contribution in [-0.2, 0) is 16.0 Å². The Hall–Kier alpha value is -2.10. The molecule has 0 heterocycles. The van der Waals surface area contributed by atoms with Gasteiger partial charge in [0.05, 0.1) is 0 Å². The average molecular weight is 250 g/mol. The Morgan fingerprint density at radius 2 is 1.94 bits per heavy atom. The van der Waals surface area contributed by atoms with E-state index in [1.54, 1.807) is 0 Å². The monoisotopic (exact) mass is 250 g/mol. The van der Waals surface area contributed by atoms with Crippen LogP contribution < -0.4 is 0 Å². The lowest BCUT2D eigenvalue weighted by molar-refractivity contribution is -0.118. The minimum absolute atomic E-state index is 0.0648. The van der Waals surface area contributed by atoms with E-state index in [1.165, 1.54) is 6.08 Å². The summed E-state index contributed by atoms with van der Waals surface area (Å²) in [6.07, 6.45) is 1.32. The molecule has 0 radical (unpaired) electrons. The van der Waals surface area contributed by atoms with Gasteiger partial charge in [0, 0.05) is 12.8 Å². The van der Waals surface area contributed by atoms with Gasteiger partial charge in [0.1, 0.15) is 12.4 Å². The van der Waals surface area contributed by atoms with E-state index in [9.17, 15) is 9.59 Å². The van der Waals surface area contributed by atoms with Gasteiger partial charge in [0.2, 0.25) is 0 Å². The largest absolute Gasteiger partial charge is 0.506 e. The molecule has 0 saturated heterocycles. The van der Waals surface area contributed by atoms with Crippen molar-refractivity contribution in [3.8, 4) is 0 Å². The molecule has 0 aliphatic rings. The van der Waals surface area contributed by atoms with Crippen LogP contribution in [-0.4, -0.2) is 23.7 Å². The summed E-state index contributed by atoms with van der Waals surface area (Å²) in [4.78, 5) is 20.5. The van der Waals surface area contributed by atoms with Crippen molar-refractivity contribution >= 4 is 11.9 Å². The smallest absolute Gasteiger partial charge is 0.450 e. The maximum absolute atomic E-state index is 11.0. The number of Topliss-reactive ketones (excluding diaryl/α,β-unsaturated/α-hetero) is 1. The van der Waals surface area contributed by atoms with Crippen molar-refractivity contribution < 1.29 is 19.4 Å². The summed E-state index contributed by atoms with van der Waals surface area (Å²) >= 11 is 0. The second-order valence-corrected chi connectivity index (χ2v) is 3.42. The third-order valence-electron chi connectivity index (χ3n) is 1.96. The highest BCUT2D eigenvalue weighted by atomic mass is 16.7. The lowest BCUT2D eigenvalue weighted by atomic mass is 10.1. The number of carbonyl (C=O) groups excluding carboxylic acids is 1. The van der Waals surface area contributed by atoms with Crippen LogP contribution in [0.25, 0.3) is 0 Å². The van der Waals surface area contributed by atoms with E-state index in [4.69, 9.17) is 5.11 Å². The third kappa shape index (κ3) is 9.15. The second-order valence-electron chi connectivity index (χ2n) is 3.42. The van der Waals surface area contributed by atoms with Crippen LogP contribution in [0, 0.1) is 0 Å². The number of benzene rings is 1. The number of carboxylic acid groups (broad SMARTS) is 1. The van der Waals surface area contributed by atoms with Crippen molar-refractivity contribution in [3.05, 3.63) is 48.6 Å². The molecule has 1 aromatic carbocycles. The van der Waals surface area contributed by atoms with Gasteiger partial charge in [-0.15, -0.1) is 0 Å². The number of hydrogen-bond acceptors (Lipinski definition) is 3. The topological polar surface area (TPSA) is 63.6 Å². The summed E-state index contributed by atoms with van der Waals surface area (Å²) in [6.45, 7) is 5.20. The molecule has 0 saturated carbocycles. The summed E-state index contributed by atoms with van der Waals surface area (Å²) in [7, 11) is 0. The van der Waals surface area contributed by atoms with Gasteiger partial charge in [0.15, 0.2) is 0 Å². The van der Waals surface area contributed by atoms with E-state index in [-0.39, 0.29) is 6.61 Å². The molecular weight excluding hydrogens is 232 g/mol. The molecule has 1 N–H and O–H groups in total. The molecule has 1 rings (SSSR count). The number of ether oxygens (including phenoxy) is 1. The lowest BCUT2D eigenvalue weighted by Gasteiger charge is -1.96. The van der Waals surface area contributed by atoms with Crippen LogP contribution in [0.3, 0.4) is 0 Å². The quantitative estimate of drug-likeness (QED) is 0.644. The molecule has 0 unspecified atom stereocenters. The summed E-state index contributed by atoms with van der Waals surface area (Å²) in [5.41, 5.74) is 1.11. The average Bonchev–Trinajstić information content (AvgIpc) is 2.38. The van der Waals surface area contributed by atoms with Gasteiger partial charge in [-0.1, -0.05) is 49.9 Å². The van der Waals surface area contributed by atoms with Crippen LogP contribution in [0.2, 0.25) is 0 Å². The molecule has 18 heavy (non-hydrogen) atoms. The van der Waals surface area contributed by atoms with Crippen molar-refractivity contribution in [1.29, 1.82) is 0 Å². The Kier molecular flexibility index (Phi) is 8.90. The Bertz CT molecular complexity index is 371. The first kappa shape index (κ1) is 15.9. The normalized spacial score (nSPS) is 8.72. The van der Waals surface area contributed by atoms with Crippen LogP contribution in [0.1, 0.15) is 18.9 Å². The summed E-state index contributed by atoms with van der Waals surface area (Å²) in [5, 5.41) is 7.77. The summed E-state index contributed by atoms with van der Waals surface area (Å²) in [6, 6.07) is 9.83. The van der Waals surface area contributed by atoms with Crippen LogP contribution in [0.5, 0.6) is 0 Å². The van der Waals surface area contributed by atoms with Gasteiger partial charge >= 0.3 is 6.16 Å². The van der Waals surface area contributed by atoms with Crippen molar-refractivity contribution in [1.82, 2.24) is 0 Å². The minimum Gasteiger partial charge on any atom is -0.450 e. The molecule has 98 valence electrons. The predicted molar refractivity (Wildman–Crippen MR) is 69.6 cm³/mol. The van der Waals surface area contributed by atoms with Gasteiger partial charge in [-0.05, 0) is 5.56 Å². The fraction of sp³-hybridized carbons (Fsp3) is 0.286. The zero-order chi connectivity index (χ0) is 13.8. The molecule has 0 amide bonds. The van der Waals surface area contributed by atoms with E-state index < -0.39 is 6.16 Å². The third-order valence-corrected chi connectivity index (χ3v) is 1.96. The molecule has 4 nitrogen and oxygen atoms in total. The standard InChI is InChI=1S/C10H12O.C4H6O3/c1-2-10(11)8-9-6-4-3-5-7-9;1-2-3-7-4(5)6/h3-7H,2,8H2,1H3;2H,1,3H2,(H,5,6). The first-order valence-corrected chi connectivity index (χ1v) is 5.62. The molecule has 0 aromatic heterocycles. The number of rotatable bonds is 5. The Balaban J connectivity index is 0.000000360. The van der Waals surface area contributed by atoms with Crippen LogP contribution in [0.4, 0.5) is 4.79 Å².